The standard InChI is InChI=1S/C11H20N2O3S2/c1-3-12-9-10-11(5-8-17-10)18(14,15)13-6-7-16-4-2/h5,8,12-13H,3-4,6-7,9H2,1-2H3. The smallest absolute Gasteiger partial charge is 0.241 e. The Morgan fingerprint density at radius 1 is 1.39 bits per heavy atom. The number of hydrogen-bond donors (Lipinski definition) is 2. The van der Waals surface area contributed by atoms with Gasteiger partial charge >= 0.3 is 0 Å². The molecule has 7 heteroatoms. The van der Waals surface area contributed by atoms with Gasteiger partial charge in [-0.2, -0.15) is 0 Å². The van der Waals surface area contributed by atoms with Crippen molar-refractivity contribution in [2.75, 3.05) is 26.3 Å². The highest BCUT2D eigenvalue weighted by Crippen LogP contribution is 2.21. The summed E-state index contributed by atoms with van der Waals surface area (Å²) in [6, 6.07) is 1.64. The third kappa shape index (κ3) is 4.66. The fourth-order valence-electron chi connectivity index (χ4n) is 1.41. The van der Waals surface area contributed by atoms with Crippen molar-refractivity contribution < 1.29 is 13.2 Å². The van der Waals surface area contributed by atoms with Gasteiger partial charge in [0.2, 0.25) is 10.0 Å². The topological polar surface area (TPSA) is 67.4 Å². The molecule has 0 amide bonds. The van der Waals surface area contributed by atoms with Crippen molar-refractivity contribution in [3.05, 3.63) is 16.3 Å². The van der Waals surface area contributed by atoms with E-state index in [4.69, 9.17) is 4.74 Å². The molecule has 18 heavy (non-hydrogen) atoms. The Morgan fingerprint density at radius 2 is 2.17 bits per heavy atom. The molecule has 0 atom stereocenters. The first kappa shape index (κ1) is 15.6. The van der Waals surface area contributed by atoms with Gasteiger partial charge in [0.15, 0.2) is 0 Å². The lowest BCUT2D eigenvalue weighted by molar-refractivity contribution is 0.153. The number of hydrogen-bond acceptors (Lipinski definition) is 5. The maximum Gasteiger partial charge on any atom is 0.241 e. The van der Waals surface area contributed by atoms with Crippen LogP contribution in [0.25, 0.3) is 0 Å². The summed E-state index contributed by atoms with van der Waals surface area (Å²) in [7, 11) is -3.42. The van der Waals surface area contributed by atoms with Crippen LogP contribution in [-0.4, -0.2) is 34.7 Å². The van der Waals surface area contributed by atoms with Gasteiger partial charge in [0.25, 0.3) is 0 Å². The second-order valence-electron chi connectivity index (χ2n) is 3.58. The summed E-state index contributed by atoms with van der Waals surface area (Å²) in [6.07, 6.45) is 0. The minimum atomic E-state index is -3.42. The highest BCUT2D eigenvalue weighted by atomic mass is 32.2. The fourth-order valence-corrected chi connectivity index (χ4v) is 3.83. The lowest BCUT2D eigenvalue weighted by atomic mass is 10.4. The molecular weight excluding hydrogens is 272 g/mol. The molecule has 0 aliphatic rings. The molecule has 0 unspecified atom stereocenters. The maximum atomic E-state index is 12.1. The lowest BCUT2D eigenvalue weighted by Crippen LogP contribution is -2.28. The first-order chi connectivity index (χ1) is 8.61. The molecule has 0 saturated carbocycles. The van der Waals surface area contributed by atoms with Crippen LogP contribution in [0.1, 0.15) is 18.7 Å². The second-order valence-corrected chi connectivity index (χ2v) is 6.32. The average Bonchev–Trinajstić information content (AvgIpc) is 2.81. The van der Waals surface area contributed by atoms with E-state index in [1.165, 1.54) is 11.3 Å². The number of nitrogens with one attached hydrogen (secondary N) is 2. The Bertz CT molecular complexity index is 443. The van der Waals surface area contributed by atoms with Crippen molar-refractivity contribution in [2.24, 2.45) is 0 Å². The summed E-state index contributed by atoms with van der Waals surface area (Å²) in [5, 5.41) is 4.93. The van der Waals surface area contributed by atoms with E-state index in [1.807, 2.05) is 13.8 Å². The number of ether oxygens (including phenoxy) is 1. The van der Waals surface area contributed by atoms with E-state index in [-0.39, 0.29) is 0 Å². The van der Waals surface area contributed by atoms with Crippen molar-refractivity contribution in [1.82, 2.24) is 10.0 Å². The molecule has 0 bridgehead atoms. The summed E-state index contributed by atoms with van der Waals surface area (Å²) >= 11 is 1.45. The van der Waals surface area contributed by atoms with E-state index in [2.05, 4.69) is 10.0 Å². The van der Waals surface area contributed by atoms with Crippen molar-refractivity contribution in [1.29, 1.82) is 0 Å². The van der Waals surface area contributed by atoms with Crippen LogP contribution < -0.4 is 10.0 Å². The maximum absolute atomic E-state index is 12.1. The summed E-state index contributed by atoms with van der Waals surface area (Å²) < 4.78 is 31.7. The van der Waals surface area contributed by atoms with Crippen molar-refractivity contribution >= 4 is 21.4 Å². The summed E-state index contributed by atoms with van der Waals surface area (Å²) in [4.78, 5) is 1.20. The van der Waals surface area contributed by atoms with Gasteiger partial charge in [0.1, 0.15) is 0 Å². The van der Waals surface area contributed by atoms with Crippen molar-refractivity contribution in [3.8, 4) is 0 Å². The predicted octanol–water partition coefficient (Wildman–Crippen LogP) is 1.17. The number of thiophene rings is 1. The monoisotopic (exact) mass is 292 g/mol. The molecule has 1 aromatic heterocycles. The minimum absolute atomic E-state index is 0.298. The third-order valence-electron chi connectivity index (χ3n) is 2.27. The van der Waals surface area contributed by atoms with Crippen molar-refractivity contribution in [3.63, 3.8) is 0 Å². The van der Waals surface area contributed by atoms with E-state index in [0.29, 0.717) is 31.2 Å². The van der Waals surface area contributed by atoms with E-state index in [0.717, 1.165) is 11.4 Å². The summed E-state index contributed by atoms with van der Waals surface area (Å²) in [5.41, 5.74) is 0. The Morgan fingerprint density at radius 3 is 2.83 bits per heavy atom. The zero-order valence-corrected chi connectivity index (χ0v) is 12.4. The van der Waals surface area contributed by atoms with E-state index >= 15 is 0 Å². The van der Waals surface area contributed by atoms with Gasteiger partial charge in [-0.15, -0.1) is 11.3 Å². The zero-order chi connectivity index (χ0) is 13.4. The van der Waals surface area contributed by atoms with E-state index in [9.17, 15) is 8.42 Å². The number of sulfonamides is 1. The van der Waals surface area contributed by atoms with E-state index in [1.54, 1.807) is 11.4 Å². The molecule has 1 aromatic rings. The molecule has 1 rings (SSSR count). The largest absolute Gasteiger partial charge is 0.380 e. The van der Waals surface area contributed by atoms with Crippen LogP contribution in [0.15, 0.2) is 16.3 Å². The molecule has 1 heterocycles. The first-order valence-corrected chi connectivity index (χ1v) is 8.32. The van der Waals surface area contributed by atoms with Crippen LogP contribution in [0, 0.1) is 0 Å². The van der Waals surface area contributed by atoms with Crippen LogP contribution >= 0.6 is 11.3 Å². The Balaban J connectivity index is 2.63. The molecule has 0 fully saturated rings. The van der Waals surface area contributed by atoms with E-state index < -0.39 is 10.0 Å². The quantitative estimate of drug-likeness (QED) is 0.671. The molecule has 0 saturated heterocycles. The molecule has 5 nitrogen and oxygen atoms in total. The van der Waals surface area contributed by atoms with Crippen molar-refractivity contribution in [2.45, 2.75) is 25.3 Å². The molecule has 0 aromatic carbocycles. The first-order valence-electron chi connectivity index (χ1n) is 5.96. The van der Waals surface area contributed by atoms with Crippen LogP contribution in [0.2, 0.25) is 0 Å². The summed E-state index contributed by atoms with van der Waals surface area (Å²) in [6.45, 7) is 6.54. The Kier molecular flexibility index (Phi) is 6.80. The molecular formula is C11H20N2O3S2. The average molecular weight is 292 g/mol. The van der Waals surface area contributed by atoms with Crippen LogP contribution in [-0.2, 0) is 21.3 Å². The zero-order valence-electron chi connectivity index (χ0n) is 10.7. The fraction of sp³-hybridized carbons (Fsp3) is 0.636. The molecule has 0 aliphatic heterocycles. The number of rotatable bonds is 9. The molecule has 0 aliphatic carbocycles. The van der Waals surface area contributed by atoms with Gasteiger partial charge in [0.05, 0.1) is 11.5 Å². The Labute approximate surface area is 113 Å². The van der Waals surface area contributed by atoms with Gasteiger partial charge in [-0.25, -0.2) is 13.1 Å². The summed E-state index contributed by atoms with van der Waals surface area (Å²) in [5.74, 6) is 0. The van der Waals surface area contributed by atoms with Gasteiger partial charge in [0, 0.05) is 24.6 Å². The van der Waals surface area contributed by atoms with Crippen LogP contribution in [0.5, 0.6) is 0 Å². The molecule has 104 valence electrons. The molecule has 0 spiro atoms. The second kappa shape index (κ2) is 7.85. The lowest BCUT2D eigenvalue weighted by Gasteiger charge is -2.08. The van der Waals surface area contributed by atoms with Crippen LogP contribution in [0.3, 0.4) is 0 Å². The SMILES string of the molecule is CCNCc1sccc1S(=O)(=O)NCCOCC. The normalized spacial score (nSPS) is 11.9. The minimum Gasteiger partial charge on any atom is -0.380 e. The third-order valence-corrected chi connectivity index (χ3v) is 4.87. The predicted molar refractivity (Wildman–Crippen MR) is 73.4 cm³/mol. The highest BCUT2D eigenvalue weighted by molar-refractivity contribution is 7.89. The van der Waals surface area contributed by atoms with Gasteiger partial charge in [-0.05, 0) is 24.9 Å². The van der Waals surface area contributed by atoms with Gasteiger partial charge in [-0.1, -0.05) is 6.92 Å². The Hall–Kier alpha value is -0.470. The van der Waals surface area contributed by atoms with Gasteiger partial charge in [-0.3, -0.25) is 0 Å². The van der Waals surface area contributed by atoms with Crippen LogP contribution in [0.4, 0.5) is 0 Å². The highest BCUT2D eigenvalue weighted by Gasteiger charge is 2.18. The molecule has 0 radical (unpaired) electrons. The molecule has 2 N–H and O–H groups in total. The van der Waals surface area contributed by atoms with Gasteiger partial charge < -0.3 is 10.1 Å².